The molecule has 0 bridgehead atoms. The van der Waals surface area contributed by atoms with Gasteiger partial charge in [-0.3, -0.25) is 0 Å². The van der Waals surface area contributed by atoms with E-state index in [4.69, 9.17) is 0 Å². The Labute approximate surface area is 124 Å². The SMILES string of the molecule is Cc1c(CBr)c(C)c(CCBr)c(C)c1CBr. The van der Waals surface area contributed by atoms with E-state index in [1.54, 1.807) is 0 Å². The highest BCUT2D eigenvalue weighted by molar-refractivity contribution is 9.09. The highest BCUT2D eigenvalue weighted by Crippen LogP contribution is 2.30. The standard InChI is InChI=1S/C13H17Br3/c1-8-11(4-5-14)9(2)13(7-16)10(3)12(8)6-15/h4-7H2,1-3H3. The molecule has 1 rings (SSSR count). The number of hydrogen-bond donors (Lipinski definition) is 0. The van der Waals surface area contributed by atoms with Gasteiger partial charge in [0.05, 0.1) is 0 Å². The summed E-state index contributed by atoms with van der Waals surface area (Å²) in [6.07, 6.45) is 1.11. The number of rotatable bonds is 4. The smallest absolute Gasteiger partial charge is 0.0288 e. The second-order valence-corrected chi connectivity index (χ2v) is 5.93. The van der Waals surface area contributed by atoms with Gasteiger partial charge in [0.1, 0.15) is 0 Å². The van der Waals surface area contributed by atoms with Crippen molar-refractivity contribution in [2.24, 2.45) is 0 Å². The summed E-state index contributed by atoms with van der Waals surface area (Å²) in [6.45, 7) is 6.71. The average molecular weight is 413 g/mol. The molecule has 0 radical (unpaired) electrons. The summed E-state index contributed by atoms with van der Waals surface area (Å²) in [5.41, 5.74) is 8.76. The first-order chi connectivity index (χ1) is 7.58. The molecule has 0 unspecified atom stereocenters. The van der Waals surface area contributed by atoms with Crippen LogP contribution in [0, 0.1) is 20.8 Å². The molecule has 0 fully saturated rings. The normalized spacial score (nSPS) is 10.9. The summed E-state index contributed by atoms with van der Waals surface area (Å²) in [5, 5.41) is 2.92. The van der Waals surface area contributed by atoms with Crippen molar-refractivity contribution in [1.82, 2.24) is 0 Å². The zero-order valence-electron chi connectivity index (χ0n) is 9.96. The zero-order chi connectivity index (χ0) is 12.3. The first kappa shape index (κ1) is 14.7. The largest absolute Gasteiger partial charge is 0.0924 e. The van der Waals surface area contributed by atoms with Gasteiger partial charge in [-0.15, -0.1) is 0 Å². The maximum Gasteiger partial charge on any atom is 0.0288 e. The van der Waals surface area contributed by atoms with Gasteiger partial charge >= 0.3 is 0 Å². The second-order valence-electron chi connectivity index (χ2n) is 4.02. The number of alkyl halides is 3. The molecule has 0 aliphatic carbocycles. The van der Waals surface area contributed by atoms with Gasteiger partial charge in [-0.05, 0) is 60.6 Å². The van der Waals surface area contributed by atoms with Gasteiger partial charge in [0, 0.05) is 16.0 Å². The molecule has 0 aliphatic rings. The van der Waals surface area contributed by atoms with Crippen LogP contribution in [0.25, 0.3) is 0 Å². The van der Waals surface area contributed by atoms with Gasteiger partial charge in [-0.25, -0.2) is 0 Å². The van der Waals surface area contributed by atoms with Crippen molar-refractivity contribution in [3.05, 3.63) is 33.4 Å². The van der Waals surface area contributed by atoms with E-state index in [2.05, 4.69) is 68.6 Å². The molecule has 0 atom stereocenters. The Morgan fingerprint density at radius 1 is 0.688 bits per heavy atom. The lowest BCUT2D eigenvalue weighted by atomic mass is 9.88. The van der Waals surface area contributed by atoms with Gasteiger partial charge in [0.15, 0.2) is 0 Å². The van der Waals surface area contributed by atoms with E-state index in [-0.39, 0.29) is 0 Å². The van der Waals surface area contributed by atoms with Crippen LogP contribution in [0.1, 0.15) is 33.4 Å². The molecular weight excluding hydrogens is 396 g/mol. The molecule has 90 valence electrons. The van der Waals surface area contributed by atoms with Gasteiger partial charge < -0.3 is 0 Å². The molecule has 0 aromatic heterocycles. The summed E-state index contributed by atoms with van der Waals surface area (Å²) in [7, 11) is 0. The van der Waals surface area contributed by atoms with Crippen LogP contribution < -0.4 is 0 Å². The lowest BCUT2D eigenvalue weighted by Gasteiger charge is -2.20. The molecule has 1 aromatic carbocycles. The van der Waals surface area contributed by atoms with Gasteiger partial charge in [-0.1, -0.05) is 47.8 Å². The van der Waals surface area contributed by atoms with Crippen molar-refractivity contribution in [1.29, 1.82) is 0 Å². The van der Waals surface area contributed by atoms with E-state index in [9.17, 15) is 0 Å². The summed E-state index contributed by atoms with van der Waals surface area (Å²) >= 11 is 10.8. The maximum atomic E-state index is 3.61. The van der Waals surface area contributed by atoms with E-state index >= 15 is 0 Å². The van der Waals surface area contributed by atoms with E-state index < -0.39 is 0 Å². The van der Waals surface area contributed by atoms with Crippen LogP contribution in [0.15, 0.2) is 0 Å². The predicted molar refractivity (Wildman–Crippen MR) is 83.4 cm³/mol. The van der Waals surface area contributed by atoms with Crippen molar-refractivity contribution in [3.63, 3.8) is 0 Å². The highest BCUT2D eigenvalue weighted by Gasteiger charge is 2.14. The third-order valence-electron chi connectivity index (χ3n) is 3.33. The molecule has 0 nitrogen and oxygen atoms in total. The molecule has 0 saturated carbocycles. The van der Waals surface area contributed by atoms with Crippen molar-refractivity contribution >= 4 is 47.8 Å². The summed E-state index contributed by atoms with van der Waals surface area (Å²) < 4.78 is 0. The van der Waals surface area contributed by atoms with Crippen LogP contribution >= 0.6 is 47.8 Å². The van der Waals surface area contributed by atoms with Crippen molar-refractivity contribution in [2.75, 3.05) is 5.33 Å². The van der Waals surface area contributed by atoms with Crippen LogP contribution in [-0.2, 0) is 17.1 Å². The zero-order valence-corrected chi connectivity index (χ0v) is 14.7. The lowest BCUT2D eigenvalue weighted by Crippen LogP contribution is -2.06. The average Bonchev–Trinajstić information content (AvgIpc) is 2.26. The first-order valence-electron chi connectivity index (χ1n) is 5.36. The van der Waals surface area contributed by atoms with Gasteiger partial charge in [-0.2, -0.15) is 0 Å². The Kier molecular flexibility index (Phi) is 6.03. The predicted octanol–water partition coefficient (Wildman–Crippen LogP) is 5.34. The molecular formula is C13H17Br3. The fourth-order valence-corrected chi connectivity index (χ4v) is 4.34. The van der Waals surface area contributed by atoms with Crippen LogP contribution in [0.5, 0.6) is 0 Å². The molecule has 0 spiro atoms. The third kappa shape index (κ3) is 2.73. The van der Waals surface area contributed by atoms with E-state index in [1.807, 2.05) is 0 Å². The van der Waals surface area contributed by atoms with Crippen molar-refractivity contribution in [2.45, 2.75) is 37.9 Å². The molecule has 0 aliphatic heterocycles. The van der Waals surface area contributed by atoms with E-state index in [0.29, 0.717) is 0 Å². The number of halogens is 3. The maximum absolute atomic E-state index is 3.61. The Morgan fingerprint density at radius 3 is 1.38 bits per heavy atom. The highest BCUT2D eigenvalue weighted by atomic mass is 79.9. The Hall–Kier alpha value is 0.660. The fourth-order valence-electron chi connectivity index (χ4n) is 2.26. The number of benzene rings is 1. The monoisotopic (exact) mass is 410 g/mol. The third-order valence-corrected chi connectivity index (χ3v) is 4.85. The summed E-state index contributed by atoms with van der Waals surface area (Å²) in [6, 6.07) is 0. The molecule has 0 amide bonds. The van der Waals surface area contributed by atoms with Crippen molar-refractivity contribution < 1.29 is 0 Å². The second kappa shape index (κ2) is 6.55. The molecule has 0 saturated heterocycles. The topological polar surface area (TPSA) is 0 Å². The Balaban J connectivity index is 3.49. The Morgan fingerprint density at radius 2 is 1.06 bits per heavy atom. The quantitative estimate of drug-likeness (QED) is 0.585. The van der Waals surface area contributed by atoms with Crippen LogP contribution in [-0.4, -0.2) is 5.33 Å². The minimum Gasteiger partial charge on any atom is -0.0924 e. The lowest BCUT2D eigenvalue weighted by molar-refractivity contribution is 1.04. The van der Waals surface area contributed by atoms with Crippen LogP contribution in [0.2, 0.25) is 0 Å². The summed E-state index contributed by atoms with van der Waals surface area (Å²) in [4.78, 5) is 0. The first-order valence-corrected chi connectivity index (χ1v) is 8.73. The van der Waals surface area contributed by atoms with Crippen molar-refractivity contribution in [3.8, 4) is 0 Å². The van der Waals surface area contributed by atoms with Gasteiger partial charge in [0.2, 0.25) is 0 Å². The minimum absolute atomic E-state index is 0.945. The Bertz CT molecular complexity index is 352. The van der Waals surface area contributed by atoms with Crippen LogP contribution in [0.3, 0.4) is 0 Å². The summed E-state index contributed by atoms with van der Waals surface area (Å²) in [5.74, 6) is 0. The molecule has 3 heteroatoms. The van der Waals surface area contributed by atoms with Crippen LogP contribution in [0.4, 0.5) is 0 Å². The molecule has 1 aromatic rings. The van der Waals surface area contributed by atoms with E-state index in [1.165, 1.54) is 33.4 Å². The molecule has 0 heterocycles. The van der Waals surface area contributed by atoms with Gasteiger partial charge in [0.25, 0.3) is 0 Å². The fraction of sp³-hybridized carbons (Fsp3) is 0.538. The number of hydrogen-bond acceptors (Lipinski definition) is 0. The molecule has 16 heavy (non-hydrogen) atoms. The molecule has 0 N–H and O–H groups in total. The minimum atomic E-state index is 0.945. The van der Waals surface area contributed by atoms with E-state index in [0.717, 1.165) is 22.4 Å².